The van der Waals surface area contributed by atoms with Crippen LogP contribution in [0.5, 0.6) is 0 Å². The number of furan rings is 1. The van der Waals surface area contributed by atoms with Crippen molar-refractivity contribution in [1.29, 1.82) is 0 Å². The number of pyridine rings is 1. The van der Waals surface area contributed by atoms with Crippen LogP contribution in [-0.2, 0) is 0 Å². The first-order valence-electron chi connectivity index (χ1n) is 15.6. The van der Waals surface area contributed by atoms with Gasteiger partial charge in [-0.15, -0.1) is 0 Å². The maximum atomic E-state index is 6.11. The number of rotatable bonds is 5. The van der Waals surface area contributed by atoms with Gasteiger partial charge < -0.3 is 4.42 Å². The SMILES string of the molecule is c1ccc(-c2nc(-c3ccccc3)nc(-c3ccc(-c4ccc(-c5cccc6oc7ncccc7c56)c5ccccc45)cc3)n2)cc1. The standard InChI is InChI=1S/C42H26N4O/c1-3-11-28(12-4-1)39-44-40(29-13-5-2-6-14-29)46-41(45-39)30-22-20-27(21-23-30)31-24-25-34(33-16-8-7-15-32(31)33)35-17-9-19-37-38(35)36-18-10-26-43-42(36)47-37/h1-26H. The summed E-state index contributed by atoms with van der Waals surface area (Å²) in [5.41, 5.74) is 8.89. The normalized spacial score (nSPS) is 11.4. The summed E-state index contributed by atoms with van der Waals surface area (Å²) < 4.78 is 6.11. The van der Waals surface area contributed by atoms with Crippen LogP contribution in [0.2, 0.25) is 0 Å². The Bertz CT molecular complexity index is 2500. The third-order valence-corrected chi connectivity index (χ3v) is 8.64. The third-order valence-electron chi connectivity index (χ3n) is 8.64. The highest BCUT2D eigenvalue weighted by atomic mass is 16.3. The van der Waals surface area contributed by atoms with Gasteiger partial charge in [0.2, 0.25) is 5.71 Å². The van der Waals surface area contributed by atoms with Crippen LogP contribution < -0.4 is 0 Å². The highest BCUT2D eigenvalue weighted by Crippen LogP contribution is 2.41. The molecule has 0 spiro atoms. The van der Waals surface area contributed by atoms with Gasteiger partial charge in [-0.1, -0.05) is 133 Å². The first kappa shape index (κ1) is 26.9. The van der Waals surface area contributed by atoms with Gasteiger partial charge in [-0.2, -0.15) is 0 Å². The Kier molecular flexibility index (Phi) is 6.39. The molecule has 0 saturated heterocycles. The molecule has 0 atom stereocenters. The lowest BCUT2D eigenvalue weighted by atomic mass is 9.90. The molecule has 5 heteroatoms. The summed E-state index contributed by atoms with van der Waals surface area (Å²) in [6.45, 7) is 0. The molecule has 0 unspecified atom stereocenters. The molecule has 220 valence electrons. The quantitative estimate of drug-likeness (QED) is 0.196. The van der Waals surface area contributed by atoms with Crippen molar-refractivity contribution in [1.82, 2.24) is 19.9 Å². The zero-order chi connectivity index (χ0) is 31.2. The van der Waals surface area contributed by atoms with Crippen LogP contribution >= 0.6 is 0 Å². The molecule has 9 rings (SSSR count). The Hall–Kier alpha value is -6.46. The molecule has 0 bridgehead atoms. The molecule has 47 heavy (non-hydrogen) atoms. The molecule has 0 aliphatic carbocycles. The van der Waals surface area contributed by atoms with E-state index in [9.17, 15) is 0 Å². The van der Waals surface area contributed by atoms with E-state index in [2.05, 4.69) is 83.8 Å². The summed E-state index contributed by atoms with van der Waals surface area (Å²) in [7, 11) is 0. The van der Waals surface area contributed by atoms with Gasteiger partial charge in [0.05, 0.1) is 0 Å². The largest absolute Gasteiger partial charge is 0.438 e. The van der Waals surface area contributed by atoms with E-state index in [1.165, 1.54) is 10.8 Å². The number of hydrogen-bond donors (Lipinski definition) is 0. The van der Waals surface area contributed by atoms with Crippen molar-refractivity contribution in [3.8, 4) is 56.4 Å². The summed E-state index contributed by atoms with van der Waals surface area (Å²) in [4.78, 5) is 19.1. The molecule has 0 aliphatic rings. The van der Waals surface area contributed by atoms with Gasteiger partial charge in [-0.05, 0) is 51.2 Å². The van der Waals surface area contributed by atoms with E-state index in [0.717, 1.165) is 55.3 Å². The minimum absolute atomic E-state index is 0.638. The zero-order valence-corrected chi connectivity index (χ0v) is 25.2. The van der Waals surface area contributed by atoms with E-state index in [-0.39, 0.29) is 0 Å². The summed E-state index contributed by atoms with van der Waals surface area (Å²) >= 11 is 0. The molecule has 0 saturated carbocycles. The van der Waals surface area contributed by atoms with Gasteiger partial charge in [-0.25, -0.2) is 19.9 Å². The number of aromatic nitrogens is 4. The van der Waals surface area contributed by atoms with E-state index in [1.54, 1.807) is 6.20 Å². The number of benzene rings is 6. The van der Waals surface area contributed by atoms with Crippen LogP contribution in [0.4, 0.5) is 0 Å². The van der Waals surface area contributed by atoms with E-state index in [4.69, 9.17) is 19.4 Å². The minimum Gasteiger partial charge on any atom is -0.438 e. The average Bonchev–Trinajstić information content (AvgIpc) is 3.54. The van der Waals surface area contributed by atoms with Gasteiger partial charge in [0.25, 0.3) is 0 Å². The fourth-order valence-corrected chi connectivity index (χ4v) is 6.41. The molecule has 9 aromatic rings. The average molecular weight is 603 g/mol. The van der Waals surface area contributed by atoms with Gasteiger partial charge in [0.1, 0.15) is 5.58 Å². The number of nitrogens with zero attached hydrogens (tertiary/aromatic N) is 4. The summed E-state index contributed by atoms with van der Waals surface area (Å²) in [6, 6.07) is 51.9. The molecule has 3 heterocycles. The van der Waals surface area contributed by atoms with Crippen LogP contribution in [-0.4, -0.2) is 19.9 Å². The second-order valence-corrected chi connectivity index (χ2v) is 11.5. The van der Waals surface area contributed by atoms with Crippen molar-refractivity contribution in [2.75, 3.05) is 0 Å². The van der Waals surface area contributed by atoms with Crippen molar-refractivity contribution in [3.05, 3.63) is 158 Å². The smallest absolute Gasteiger partial charge is 0.227 e. The van der Waals surface area contributed by atoms with E-state index >= 15 is 0 Å². The Morgan fingerprint density at radius 2 is 0.894 bits per heavy atom. The van der Waals surface area contributed by atoms with Crippen molar-refractivity contribution < 1.29 is 4.42 Å². The molecule has 0 fully saturated rings. The van der Waals surface area contributed by atoms with E-state index in [0.29, 0.717) is 23.2 Å². The van der Waals surface area contributed by atoms with Gasteiger partial charge >= 0.3 is 0 Å². The van der Waals surface area contributed by atoms with Crippen LogP contribution in [0.25, 0.3) is 89.3 Å². The highest BCUT2D eigenvalue weighted by molar-refractivity contribution is 6.16. The van der Waals surface area contributed by atoms with Crippen molar-refractivity contribution >= 4 is 32.8 Å². The van der Waals surface area contributed by atoms with E-state index in [1.807, 2.05) is 72.8 Å². The lowest BCUT2D eigenvalue weighted by Gasteiger charge is -2.13. The molecular weight excluding hydrogens is 576 g/mol. The number of hydrogen-bond acceptors (Lipinski definition) is 5. The molecule has 0 aliphatic heterocycles. The molecule has 5 nitrogen and oxygen atoms in total. The van der Waals surface area contributed by atoms with Gasteiger partial charge in [0.15, 0.2) is 17.5 Å². The number of fused-ring (bicyclic) bond motifs is 4. The first-order chi connectivity index (χ1) is 23.3. The predicted molar refractivity (Wildman–Crippen MR) is 190 cm³/mol. The Balaban J connectivity index is 1.15. The second kappa shape index (κ2) is 11.2. The first-order valence-corrected chi connectivity index (χ1v) is 15.6. The zero-order valence-electron chi connectivity index (χ0n) is 25.2. The molecular formula is C42H26N4O. The third kappa shape index (κ3) is 4.73. The van der Waals surface area contributed by atoms with Crippen LogP contribution in [0.15, 0.2) is 162 Å². The Morgan fingerprint density at radius 3 is 1.55 bits per heavy atom. The van der Waals surface area contributed by atoms with Crippen LogP contribution in [0.3, 0.4) is 0 Å². The maximum absolute atomic E-state index is 6.11. The maximum Gasteiger partial charge on any atom is 0.227 e. The van der Waals surface area contributed by atoms with Crippen LogP contribution in [0, 0.1) is 0 Å². The lowest BCUT2D eigenvalue weighted by Crippen LogP contribution is -2.00. The van der Waals surface area contributed by atoms with Gasteiger partial charge in [0, 0.05) is 33.7 Å². The summed E-state index contributed by atoms with van der Waals surface area (Å²) in [5.74, 6) is 1.94. The van der Waals surface area contributed by atoms with Crippen LogP contribution in [0.1, 0.15) is 0 Å². The molecule has 3 aromatic heterocycles. The fourth-order valence-electron chi connectivity index (χ4n) is 6.41. The van der Waals surface area contributed by atoms with Crippen molar-refractivity contribution in [2.24, 2.45) is 0 Å². The summed E-state index contributed by atoms with van der Waals surface area (Å²) in [5, 5.41) is 4.46. The van der Waals surface area contributed by atoms with E-state index < -0.39 is 0 Å². The second-order valence-electron chi connectivity index (χ2n) is 11.5. The van der Waals surface area contributed by atoms with Crippen molar-refractivity contribution in [3.63, 3.8) is 0 Å². The molecule has 6 aromatic carbocycles. The van der Waals surface area contributed by atoms with Gasteiger partial charge in [-0.3, -0.25) is 0 Å². The van der Waals surface area contributed by atoms with Crippen molar-refractivity contribution in [2.45, 2.75) is 0 Å². The highest BCUT2D eigenvalue weighted by Gasteiger charge is 2.17. The Labute approximate surface area is 270 Å². The molecule has 0 radical (unpaired) electrons. The minimum atomic E-state index is 0.638. The monoisotopic (exact) mass is 602 g/mol. The fraction of sp³-hybridized carbons (Fsp3) is 0. The predicted octanol–water partition coefficient (Wildman–Crippen LogP) is 10.7. The molecule has 0 N–H and O–H groups in total. The topological polar surface area (TPSA) is 64.7 Å². The molecule has 0 amide bonds. The summed E-state index contributed by atoms with van der Waals surface area (Å²) in [6.07, 6.45) is 1.77. The lowest BCUT2D eigenvalue weighted by molar-refractivity contribution is 0.654. The Morgan fingerprint density at radius 1 is 0.362 bits per heavy atom.